The predicted octanol–water partition coefficient (Wildman–Crippen LogP) is 2.48. The van der Waals surface area contributed by atoms with Crippen LogP contribution in [-0.2, 0) is 4.79 Å². The minimum atomic E-state index is -1.02. The Kier molecular flexibility index (Phi) is 5.14. The quantitative estimate of drug-likeness (QED) is 0.769. The fraction of sp³-hybridized carbons (Fsp3) is 0.429. The first-order valence-corrected chi connectivity index (χ1v) is 7.39. The number of carbonyl (C=O) groups is 2. The predicted molar refractivity (Wildman–Crippen MR) is 79.9 cm³/mol. The summed E-state index contributed by atoms with van der Waals surface area (Å²) in [6, 6.07) is 4.77. The number of amides is 1. The lowest BCUT2D eigenvalue weighted by molar-refractivity contribution is -0.116. The Morgan fingerprint density at radius 3 is 2.90 bits per heavy atom. The highest BCUT2D eigenvalue weighted by molar-refractivity contribution is 9.10. The fourth-order valence-electron chi connectivity index (χ4n) is 2.29. The van der Waals surface area contributed by atoms with Crippen molar-refractivity contribution in [1.29, 1.82) is 0 Å². The molecule has 1 fully saturated rings. The lowest BCUT2D eigenvalue weighted by atomic mass is 10.0. The number of carboxylic acids is 1. The monoisotopic (exact) mass is 340 g/mol. The van der Waals surface area contributed by atoms with Crippen LogP contribution in [0.4, 0.5) is 5.69 Å². The molecule has 1 heterocycles. The lowest BCUT2D eigenvalue weighted by Crippen LogP contribution is -2.15. The third kappa shape index (κ3) is 4.05. The number of halogens is 1. The second kappa shape index (κ2) is 6.85. The van der Waals surface area contributed by atoms with Gasteiger partial charge in [-0.1, -0.05) is 0 Å². The molecule has 0 radical (unpaired) electrons. The number of aromatic carboxylic acids is 1. The van der Waals surface area contributed by atoms with E-state index in [9.17, 15) is 9.59 Å². The normalized spacial score (nSPS) is 17.9. The van der Waals surface area contributed by atoms with Gasteiger partial charge in [-0.15, -0.1) is 0 Å². The van der Waals surface area contributed by atoms with E-state index in [1.165, 1.54) is 6.07 Å². The number of benzene rings is 1. The van der Waals surface area contributed by atoms with Gasteiger partial charge in [0.15, 0.2) is 0 Å². The summed E-state index contributed by atoms with van der Waals surface area (Å²) in [6.07, 6.45) is 2.45. The maximum Gasteiger partial charge on any atom is 0.336 e. The van der Waals surface area contributed by atoms with E-state index in [0.717, 1.165) is 25.9 Å². The molecule has 0 aromatic heterocycles. The zero-order chi connectivity index (χ0) is 14.5. The van der Waals surface area contributed by atoms with Crippen LogP contribution in [0.2, 0.25) is 0 Å². The van der Waals surface area contributed by atoms with Crippen LogP contribution in [0.3, 0.4) is 0 Å². The van der Waals surface area contributed by atoms with Gasteiger partial charge >= 0.3 is 5.97 Å². The van der Waals surface area contributed by atoms with E-state index >= 15 is 0 Å². The van der Waals surface area contributed by atoms with Crippen LogP contribution < -0.4 is 10.6 Å². The van der Waals surface area contributed by atoms with Crippen LogP contribution >= 0.6 is 15.9 Å². The van der Waals surface area contributed by atoms with E-state index < -0.39 is 5.97 Å². The van der Waals surface area contributed by atoms with Gasteiger partial charge in [0.1, 0.15) is 0 Å². The average Bonchev–Trinajstić information content (AvgIpc) is 2.91. The van der Waals surface area contributed by atoms with Gasteiger partial charge in [-0.25, -0.2) is 4.79 Å². The van der Waals surface area contributed by atoms with Crippen molar-refractivity contribution in [2.24, 2.45) is 5.92 Å². The second-order valence-electron chi connectivity index (χ2n) is 4.95. The molecule has 108 valence electrons. The molecular weight excluding hydrogens is 324 g/mol. The number of rotatable bonds is 5. The van der Waals surface area contributed by atoms with Gasteiger partial charge in [-0.3, -0.25) is 4.79 Å². The summed E-state index contributed by atoms with van der Waals surface area (Å²) in [4.78, 5) is 22.9. The molecule has 0 spiro atoms. The molecule has 1 saturated heterocycles. The summed E-state index contributed by atoms with van der Waals surface area (Å²) in [6.45, 7) is 2.01. The molecule has 5 nitrogen and oxygen atoms in total. The summed E-state index contributed by atoms with van der Waals surface area (Å²) in [5.41, 5.74) is 0.655. The summed E-state index contributed by atoms with van der Waals surface area (Å²) < 4.78 is 0.500. The maximum absolute atomic E-state index is 11.8. The van der Waals surface area contributed by atoms with E-state index in [1.54, 1.807) is 12.1 Å². The standard InChI is InChI=1S/C14H17BrN2O3/c15-12-3-2-10(7-11(12)14(19)20)17-13(18)4-1-9-5-6-16-8-9/h2-3,7,9,16H,1,4-6,8H2,(H,17,18)(H,19,20). The Morgan fingerprint density at radius 2 is 2.25 bits per heavy atom. The van der Waals surface area contributed by atoms with Gasteiger partial charge < -0.3 is 15.7 Å². The van der Waals surface area contributed by atoms with Gasteiger partial charge in [0.05, 0.1) is 5.56 Å². The van der Waals surface area contributed by atoms with E-state index in [1.807, 2.05) is 0 Å². The zero-order valence-electron chi connectivity index (χ0n) is 11.0. The Balaban J connectivity index is 1.90. The van der Waals surface area contributed by atoms with Crippen molar-refractivity contribution in [2.75, 3.05) is 18.4 Å². The van der Waals surface area contributed by atoms with Crippen molar-refractivity contribution in [3.63, 3.8) is 0 Å². The van der Waals surface area contributed by atoms with Crippen molar-refractivity contribution in [3.8, 4) is 0 Å². The van der Waals surface area contributed by atoms with Crippen LogP contribution in [0.25, 0.3) is 0 Å². The highest BCUT2D eigenvalue weighted by atomic mass is 79.9. The Morgan fingerprint density at radius 1 is 1.45 bits per heavy atom. The number of carbonyl (C=O) groups excluding carboxylic acids is 1. The largest absolute Gasteiger partial charge is 0.478 e. The topological polar surface area (TPSA) is 78.4 Å². The molecule has 20 heavy (non-hydrogen) atoms. The molecule has 1 aromatic rings. The molecule has 0 aliphatic carbocycles. The van der Waals surface area contributed by atoms with E-state index in [2.05, 4.69) is 26.6 Å². The number of anilines is 1. The number of nitrogens with one attached hydrogen (secondary N) is 2. The molecule has 0 bridgehead atoms. The molecule has 1 unspecified atom stereocenters. The third-order valence-corrected chi connectivity index (χ3v) is 4.11. The minimum Gasteiger partial charge on any atom is -0.478 e. The first-order chi connectivity index (χ1) is 9.56. The molecule has 1 aliphatic rings. The maximum atomic E-state index is 11.8. The molecule has 2 rings (SSSR count). The van der Waals surface area contributed by atoms with Crippen molar-refractivity contribution in [3.05, 3.63) is 28.2 Å². The van der Waals surface area contributed by atoms with Gasteiger partial charge in [-0.2, -0.15) is 0 Å². The zero-order valence-corrected chi connectivity index (χ0v) is 12.6. The number of carboxylic acid groups (broad SMARTS) is 1. The molecule has 0 saturated carbocycles. The fourth-order valence-corrected chi connectivity index (χ4v) is 2.70. The Labute approximate surface area is 125 Å². The van der Waals surface area contributed by atoms with Crippen LogP contribution in [-0.4, -0.2) is 30.1 Å². The van der Waals surface area contributed by atoms with E-state index in [0.29, 0.717) is 22.5 Å². The lowest BCUT2D eigenvalue weighted by Gasteiger charge is -2.09. The average molecular weight is 341 g/mol. The van der Waals surface area contributed by atoms with Gasteiger partial charge in [-0.05, 0) is 66.0 Å². The SMILES string of the molecule is O=C(CCC1CCNC1)Nc1ccc(Br)c(C(=O)O)c1. The van der Waals surface area contributed by atoms with Gasteiger partial charge in [0.2, 0.25) is 5.91 Å². The Bertz CT molecular complexity index is 513. The molecule has 3 N–H and O–H groups in total. The van der Waals surface area contributed by atoms with Crippen LogP contribution in [0.15, 0.2) is 22.7 Å². The molecule has 1 aliphatic heterocycles. The summed E-state index contributed by atoms with van der Waals surface area (Å²) >= 11 is 3.17. The Hall–Kier alpha value is -1.40. The minimum absolute atomic E-state index is 0.0736. The number of hydrogen-bond acceptors (Lipinski definition) is 3. The molecule has 6 heteroatoms. The first-order valence-electron chi connectivity index (χ1n) is 6.59. The van der Waals surface area contributed by atoms with Crippen LogP contribution in [0, 0.1) is 5.92 Å². The number of hydrogen-bond donors (Lipinski definition) is 3. The smallest absolute Gasteiger partial charge is 0.336 e. The van der Waals surface area contributed by atoms with E-state index in [-0.39, 0.29) is 11.5 Å². The first kappa shape index (κ1) is 15.0. The van der Waals surface area contributed by atoms with Gasteiger partial charge in [0.25, 0.3) is 0 Å². The van der Waals surface area contributed by atoms with Crippen molar-refractivity contribution < 1.29 is 14.7 Å². The van der Waals surface area contributed by atoms with Crippen molar-refractivity contribution in [1.82, 2.24) is 5.32 Å². The molecule has 1 amide bonds. The van der Waals surface area contributed by atoms with Crippen molar-refractivity contribution >= 4 is 33.5 Å². The summed E-state index contributed by atoms with van der Waals surface area (Å²) in [5, 5.41) is 15.0. The second-order valence-corrected chi connectivity index (χ2v) is 5.80. The molecule has 1 aromatic carbocycles. The van der Waals surface area contributed by atoms with Crippen LogP contribution in [0.1, 0.15) is 29.6 Å². The summed E-state index contributed by atoms with van der Waals surface area (Å²) in [7, 11) is 0. The highest BCUT2D eigenvalue weighted by Gasteiger charge is 2.16. The highest BCUT2D eigenvalue weighted by Crippen LogP contribution is 2.22. The molecule has 1 atom stereocenters. The molecular formula is C14H17BrN2O3. The summed E-state index contributed by atoms with van der Waals surface area (Å²) in [5.74, 6) is -0.527. The van der Waals surface area contributed by atoms with E-state index in [4.69, 9.17) is 5.11 Å². The van der Waals surface area contributed by atoms with Gasteiger partial charge in [0, 0.05) is 16.6 Å². The van der Waals surface area contributed by atoms with Crippen LogP contribution in [0.5, 0.6) is 0 Å². The van der Waals surface area contributed by atoms with Crippen molar-refractivity contribution in [2.45, 2.75) is 19.3 Å². The third-order valence-electron chi connectivity index (χ3n) is 3.42.